The first kappa shape index (κ1) is 39.8. The Bertz CT molecular complexity index is 1350. The molecule has 0 bridgehead atoms. The summed E-state index contributed by atoms with van der Waals surface area (Å²) in [6.45, 7) is 0. The van der Waals surface area contributed by atoms with Crippen molar-refractivity contribution in [2.45, 2.75) is 47.0 Å². The van der Waals surface area contributed by atoms with Crippen LogP contribution < -0.4 is 21.2 Å². The predicted octanol–water partition coefficient (Wildman–Crippen LogP) is 4.59. The molecule has 0 aliphatic heterocycles. The second-order valence-electron chi connectivity index (χ2n) is 7.88. The molecule has 2 aromatic rings. The van der Waals surface area contributed by atoms with E-state index in [1.165, 1.54) is 24.3 Å². The average molecular weight is 816 g/mol. The van der Waals surface area contributed by atoms with E-state index < -0.39 is 57.1 Å². The molecule has 2 rings (SSSR count). The fraction of sp³-hybridized carbons (Fsp3) is 0.400. The molecule has 0 atom stereocenters. The van der Waals surface area contributed by atoms with Gasteiger partial charge in [0.1, 0.15) is 11.6 Å². The van der Waals surface area contributed by atoms with E-state index in [1.807, 2.05) is 0 Å². The first-order chi connectivity index (χ1) is 19.2. The van der Waals surface area contributed by atoms with Crippen LogP contribution in [-0.2, 0) is 10.1 Å². The number of hydrogen-bond acceptors (Lipinski definition) is 3. The third-order valence-electron chi connectivity index (χ3n) is 4.83. The smallest absolute Gasteiger partial charge is 0.460 e. The van der Waals surface area contributed by atoms with Crippen LogP contribution in [0.1, 0.15) is 0 Å². The van der Waals surface area contributed by atoms with Crippen molar-refractivity contribution in [2.75, 3.05) is 0 Å². The third kappa shape index (κ3) is 6.79. The Kier molecular flexibility index (Phi) is 11.0. The molecule has 44 heavy (non-hydrogen) atoms. The van der Waals surface area contributed by atoms with Gasteiger partial charge in [0, 0.05) is 0 Å². The number of hydrogen-bond donors (Lipinski definition) is 0. The van der Waals surface area contributed by atoms with Crippen molar-refractivity contribution >= 4 is 10.1 Å². The van der Waals surface area contributed by atoms with Gasteiger partial charge in [-0.25, -0.2) is 17.2 Å². The zero-order valence-corrected chi connectivity index (χ0v) is 22.8. The SMILES string of the molecule is Fc1ccc([I+]c2ccc(F)cc2)cc1.O=S(=O)([O-])C(F)(F)C(F)(F)C(F)(F)C(F)(F)C(F)(F)C(F)(F)C(F)(F)C(F)(F)F. The largest absolute Gasteiger partial charge is 0.743 e. The fourth-order valence-corrected chi connectivity index (χ4v) is 5.02. The summed E-state index contributed by atoms with van der Waals surface area (Å²) in [4.78, 5) is 0. The van der Waals surface area contributed by atoms with Crippen LogP contribution in [-0.4, -0.2) is 59.9 Å². The quantitative estimate of drug-likeness (QED) is 0.212. The highest BCUT2D eigenvalue weighted by atomic mass is 127. The van der Waals surface area contributed by atoms with Crippen molar-refractivity contribution in [3.63, 3.8) is 0 Å². The summed E-state index contributed by atoms with van der Waals surface area (Å²) in [6, 6.07) is 13.0. The molecule has 0 spiro atoms. The summed E-state index contributed by atoms with van der Waals surface area (Å²) in [6.07, 6.45) is -7.89. The summed E-state index contributed by atoms with van der Waals surface area (Å²) in [5.74, 6) is -52.6. The Morgan fingerprint density at radius 1 is 0.455 bits per heavy atom. The molecule has 0 fully saturated rings. The normalized spacial score (nSPS) is 14.6. The van der Waals surface area contributed by atoms with E-state index in [-0.39, 0.29) is 32.8 Å². The van der Waals surface area contributed by atoms with E-state index in [1.54, 1.807) is 24.3 Å². The van der Waals surface area contributed by atoms with Crippen molar-refractivity contribution < 1.29 is 118 Å². The lowest BCUT2D eigenvalue weighted by atomic mass is 9.91. The maximum absolute atomic E-state index is 13.0. The number of alkyl halides is 17. The van der Waals surface area contributed by atoms with Gasteiger partial charge >= 0.3 is 68.2 Å². The summed E-state index contributed by atoms with van der Waals surface area (Å²) in [7, 11) is -8.14. The van der Waals surface area contributed by atoms with Gasteiger partial charge in [0.05, 0.1) is 0 Å². The van der Waals surface area contributed by atoms with Crippen molar-refractivity contribution in [2.24, 2.45) is 0 Å². The minimum absolute atomic E-state index is 0.220. The standard InChI is InChI=1S/C12H8F2I.C8HF17O3S/c13-9-1-5-11(6-2-9)15-12-7-3-10(14)4-8-12;9-1(10,3(13,14)5(17,18)7(21,22)23)2(11,12)4(15,16)6(19,20)8(24,25)29(26,27)28/h1-8H;(H,26,27,28)/q+1;/p-1. The van der Waals surface area contributed by atoms with Crippen LogP contribution in [0.25, 0.3) is 0 Å². The minimum Gasteiger partial charge on any atom is -0.743 e. The molecule has 0 radical (unpaired) electrons. The summed E-state index contributed by atoms with van der Waals surface area (Å²) >= 11 is -0.330. The molecule has 0 aromatic heterocycles. The molecule has 0 heterocycles. The van der Waals surface area contributed by atoms with Crippen molar-refractivity contribution in [3.05, 3.63) is 67.3 Å². The van der Waals surface area contributed by atoms with Crippen LogP contribution >= 0.6 is 0 Å². The third-order valence-corrected chi connectivity index (χ3v) is 8.40. The molecule has 2 aromatic carbocycles. The number of rotatable bonds is 9. The highest BCUT2D eigenvalue weighted by Crippen LogP contribution is 2.64. The summed E-state index contributed by atoms with van der Waals surface area (Å²) < 4.78 is 272. The van der Waals surface area contributed by atoms with E-state index in [0.717, 1.165) is 7.14 Å². The Balaban J connectivity index is 0.000000532. The van der Waals surface area contributed by atoms with Crippen molar-refractivity contribution in [1.29, 1.82) is 0 Å². The number of benzene rings is 2. The zero-order chi connectivity index (χ0) is 35.2. The molecule has 0 saturated heterocycles. The van der Waals surface area contributed by atoms with Gasteiger partial charge in [-0.2, -0.15) is 74.6 Å². The highest BCUT2D eigenvalue weighted by Gasteiger charge is 2.95. The van der Waals surface area contributed by atoms with Gasteiger partial charge in [-0.15, -0.1) is 0 Å². The second kappa shape index (κ2) is 12.2. The highest BCUT2D eigenvalue weighted by molar-refractivity contribution is 7.86. The molecule has 0 aliphatic carbocycles. The zero-order valence-electron chi connectivity index (χ0n) is 19.8. The molecule has 0 saturated carbocycles. The minimum atomic E-state index is -8.92. The lowest BCUT2D eigenvalue weighted by Crippen LogP contribution is -3.61. The second-order valence-corrected chi connectivity index (χ2v) is 12.3. The molecule has 3 nitrogen and oxygen atoms in total. The molecular formula is C20H8F19IO3S. The fourth-order valence-electron chi connectivity index (χ4n) is 2.42. The molecule has 0 aliphatic rings. The van der Waals surface area contributed by atoms with Gasteiger partial charge in [-0.3, -0.25) is 0 Å². The van der Waals surface area contributed by atoms with Gasteiger partial charge in [-0.05, 0) is 48.5 Å². The first-order valence-electron chi connectivity index (χ1n) is 10.1. The van der Waals surface area contributed by atoms with Crippen LogP contribution in [0.5, 0.6) is 0 Å². The predicted molar refractivity (Wildman–Crippen MR) is 101 cm³/mol. The van der Waals surface area contributed by atoms with Crippen LogP contribution in [0.15, 0.2) is 48.5 Å². The van der Waals surface area contributed by atoms with E-state index in [4.69, 9.17) is 0 Å². The van der Waals surface area contributed by atoms with Gasteiger partial charge in [-0.1, -0.05) is 0 Å². The van der Waals surface area contributed by atoms with Gasteiger partial charge < -0.3 is 4.55 Å². The average Bonchev–Trinajstić information content (AvgIpc) is 2.85. The molecule has 252 valence electrons. The summed E-state index contributed by atoms with van der Waals surface area (Å²) in [5, 5.41) is -7.95. The molecule has 0 amide bonds. The monoisotopic (exact) mass is 816 g/mol. The molecule has 0 unspecified atom stereocenters. The Hall–Kier alpha value is -2.25. The van der Waals surface area contributed by atoms with Crippen LogP contribution in [0, 0.1) is 18.8 Å². The van der Waals surface area contributed by atoms with E-state index in [9.17, 15) is 96.4 Å². The van der Waals surface area contributed by atoms with E-state index >= 15 is 0 Å². The summed E-state index contributed by atoms with van der Waals surface area (Å²) in [5.41, 5.74) is 0. The maximum Gasteiger partial charge on any atom is 0.460 e. The lowest BCUT2D eigenvalue weighted by molar-refractivity contribution is -0.597. The van der Waals surface area contributed by atoms with E-state index in [2.05, 4.69) is 0 Å². The van der Waals surface area contributed by atoms with E-state index in [0.29, 0.717) is 0 Å². The Morgan fingerprint density at radius 2 is 0.705 bits per heavy atom. The van der Waals surface area contributed by atoms with Gasteiger partial charge in [0.25, 0.3) is 0 Å². The van der Waals surface area contributed by atoms with Crippen molar-refractivity contribution in [3.8, 4) is 0 Å². The Morgan fingerprint density at radius 3 is 0.955 bits per heavy atom. The molecule has 0 N–H and O–H groups in total. The van der Waals surface area contributed by atoms with Crippen LogP contribution in [0.4, 0.5) is 83.4 Å². The number of halogens is 20. The Labute approximate surface area is 242 Å². The van der Waals surface area contributed by atoms with Gasteiger partial charge in [0.15, 0.2) is 17.3 Å². The topological polar surface area (TPSA) is 57.2 Å². The lowest BCUT2D eigenvalue weighted by Gasteiger charge is -2.42. The van der Waals surface area contributed by atoms with Crippen LogP contribution in [0.2, 0.25) is 0 Å². The molecular weight excluding hydrogens is 808 g/mol. The van der Waals surface area contributed by atoms with Crippen LogP contribution in [0.3, 0.4) is 0 Å². The molecule has 24 heteroatoms. The maximum atomic E-state index is 13.0. The van der Waals surface area contributed by atoms with Crippen molar-refractivity contribution in [1.82, 2.24) is 0 Å². The van der Waals surface area contributed by atoms with Gasteiger partial charge in [0.2, 0.25) is 0 Å². The first-order valence-corrected chi connectivity index (χ1v) is 13.6.